The molecule has 0 saturated carbocycles. The van der Waals surface area contributed by atoms with E-state index >= 15 is 0 Å². The maximum Gasteiger partial charge on any atom is 0.263 e. The molecule has 0 bridgehead atoms. The summed E-state index contributed by atoms with van der Waals surface area (Å²) in [5.41, 5.74) is 2.74. The average molecular weight is 339 g/mol. The second-order valence-corrected chi connectivity index (χ2v) is 5.69. The van der Waals surface area contributed by atoms with Crippen LogP contribution in [0.5, 0.6) is 5.75 Å². The molecule has 1 aromatic heterocycles. The van der Waals surface area contributed by atoms with Gasteiger partial charge in [-0.05, 0) is 38.1 Å². The van der Waals surface area contributed by atoms with Crippen molar-refractivity contribution in [3.8, 4) is 11.4 Å². The van der Waals surface area contributed by atoms with E-state index < -0.39 is 11.7 Å². The molecule has 6 heteroatoms. The van der Waals surface area contributed by atoms with E-state index in [-0.39, 0.29) is 12.4 Å². The lowest BCUT2D eigenvalue weighted by atomic mass is 10.2. The van der Waals surface area contributed by atoms with Crippen molar-refractivity contribution in [2.45, 2.75) is 13.8 Å². The smallest absolute Gasteiger partial charge is 0.263 e. The van der Waals surface area contributed by atoms with Crippen LogP contribution in [0.25, 0.3) is 5.69 Å². The third kappa shape index (κ3) is 4.03. The second kappa shape index (κ2) is 7.17. The Kier molecular flexibility index (Phi) is 4.79. The van der Waals surface area contributed by atoms with Gasteiger partial charge >= 0.3 is 0 Å². The minimum Gasteiger partial charge on any atom is -0.481 e. The van der Waals surface area contributed by atoms with Crippen LogP contribution in [0.2, 0.25) is 0 Å². The third-order valence-electron chi connectivity index (χ3n) is 3.57. The molecule has 1 N–H and O–H groups in total. The Bertz CT molecular complexity index is 888. The fourth-order valence-electron chi connectivity index (χ4n) is 2.36. The number of hydrogen-bond acceptors (Lipinski definition) is 3. The molecule has 3 rings (SSSR count). The van der Waals surface area contributed by atoms with Gasteiger partial charge in [0.05, 0.1) is 11.4 Å². The zero-order valence-electron chi connectivity index (χ0n) is 14.0. The van der Waals surface area contributed by atoms with Gasteiger partial charge in [-0.15, -0.1) is 0 Å². The van der Waals surface area contributed by atoms with E-state index in [1.54, 1.807) is 22.9 Å². The van der Waals surface area contributed by atoms with Crippen LogP contribution < -0.4 is 10.1 Å². The van der Waals surface area contributed by atoms with Crippen LogP contribution in [0.4, 0.5) is 10.2 Å². The van der Waals surface area contributed by atoms with E-state index in [2.05, 4.69) is 10.4 Å². The number of rotatable bonds is 5. The molecule has 25 heavy (non-hydrogen) atoms. The van der Waals surface area contributed by atoms with Gasteiger partial charge in [0, 0.05) is 6.07 Å². The van der Waals surface area contributed by atoms with Gasteiger partial charge < -0.3 is 10.1 Å². The molecule has 0 radical (unpaired) electrons. The molecule has 0 atom stereocenters. The number of para-hydroxylation sites is 1. The standard InChI is InChI=1S/C19H18FN3O2/c1-13-7-9-15(10-8-13)23-18(11-14(2)22-23)21-19(24)12-25-17-6-4-3-5-16(17)20/h3-11H,12H2,1-2H3,(H,21,24). The van der Waals surface area contributed by atoms with Gasteiger partial charge in [0.2, 0.25) is 0 Å². The molecule has 128 valence electrons. The van der Waals surface area contributed by atoms with E-state index in [0.29, 0.717) is 5.82 Å². The lowest BCUT2D eigenvalue weighted by Gasteiger charge is -2.10. The number of amides is 1. The molecule has 0 aliphatic carbocycles. The number of halogens is 1. The molecular weight excluding hydrogens is 321 g/mol. The number of anilines is 1. The summed E-state index contributed by atoms with van der Waals surface area (Å²) in [6, 6.07) is 15.5. The van der Waals surface area contributed by atoms with Gasteiger partial charge in [-0.2, -0.15) is 5.10 Å². The number of aryl methyl sites for hydroxylation is 2. The van der Waals surface area contributed by atoms with Crippen LogP contribution in [0.15, 0.2) is 54.6 Å². The molecule has 5 nitrogen and oxygen atoms in total. The first-order chi connectivity index (χ1) is 12.0. The van der Waals surface area contributed by atoms with E-state index in [1.165, 1.54) is 12.1 Å². The van der Waals surface area contributed by atoms with Crippen molar-refractivity contribution in [3.05, 3.63) is 71.7 Å². The molecule has 3 aromatic rings. The van der Waals surface area contributed by atoms with E-state index in [9.17, 15) is 9.18 Å². The van der Waals surface area contributed by atoms with Crippen LogP contribution >= 0.6 is 0 Å². The van der Waals surface area contributed by atoms with E-state index in [1.807, 2.05) is 38.1 Å². The zero-order valence-corrected chi connectivity index (χ0v) is 14.0. The van der Waals surface area contributed by atoms with Crippen molar-refractivity contribution < 1.29 is 13.9 Å². The monoisotopic (exact) mass is 339 g/mol. The van der Waals surface area contributed by atoms with E-state index in [0.717, 1.165) is 16.9 Å². The normalized spacial score (nSPS) is 10.5. The van der Waals surface area contributed by atoms with Gasteiger partial charge in [-0.1, -0.05) is 29.8 Å². The highest BCUT2D eigenvalue weighted by Gasteiger charge is 2.12. The Labute approximate surface area is 145 Å². The Hall–Kier alpha value is -3.15. The maximum absolute atomic E-state index is 13.5. The zero-order chi connectivity index (χ0) is 17.8. The highest BCUT2D eigenvalue weighted by molar-refractivity contribution is 5.91. The number of aromatic nitrogens is 2. The molecule has 0 aliphatic heterocycles. The molecule has 2 aromatic carbocycles. The second-order valence-electron chi connectivity index (χ2n) is 5.69. The fourth-order valence-corrected chi connectivity index (χ4v) is 2.36. The first-order valence-corrected chi connectivity index (χ1v) is 7.84. The molecule has 0 unspecified atom stereocenters. The Morgan fingerprint density at radius 1 is 1.16 bits per heavy atom. The topological polar surface area (TPSA) is 56.2 Å². The van der Waals surface area contributed by atoms with Crippen molar-refractivity contribution >= 4 is 11.7 Å². The van der Waals surface area contributed by atoms with Gasteiger partial charge in [-0.3, -0.25) is 4.79 Å². The summed E-state index contributed by atoms with van der Waals surface area (Å²) in [5.74, 6) is -0.322. The number of nitrogens with zero attached hydrogens (tertiary/aromatic N) is 2. The number of ether oxygens (including phenoxy) is 1. The molecule has 0 fully saturated rings. The summed E-state index contributed by atoms with van der Waals surface area (Å²) in [6.45, 7) is 3.55. The third-order valence-corrected chi connectivity index (χ3v) is 3.57. The van der Waals surface area contributed by atoms with Crippen LogP contribution in [-0.4, -0.2) is 22.3 Å². The van der Waals surface area contributed by atoms with Crippen LogP contribution in [-0.2, 0) is 4.79 Å². The number of hydrogen-bond donors (Lipinski definition) is 1. The maximum atomic E-state index is 13.5. The summed E-state index contributed by atoms with van der Waals surface area (Å²) in [6.07, 6.45) is 0. The summed E-state index contributed by atoms with van der Waals surface area (Å²) in [7, 11) is 0. The Morgan fingerprint density at radius 3 is 2.60 bits per heavy atom. The summed E-state index contributed by atoms with van der Waals surface area (Å²) < 4.78 is 20.4. The fraction of sp³-hybridized carbons (Fsp3) is 0.158. The predicted octanol–water partition coefficient (Wildman–Crippen LogP) is 3.65. The molecule has 1 heterocycles. The Morgan fingerprint density at radius 2 is 1.88 bits per heavy atom. The lowest BCUT2D eigenvalue weighted by molar-refractivity contribution is -0.118. The van der Waals surface area contributed by atoms with Crippen LogP contribution in [0.1, 0.15) is 11.3 Å². The SMILES string of the molecule is Cc1ccc(-n2nc(C)cc2NC(=O)COc2ccccc2F)cc1. The first-order valence-electron chi connectivity index (χ1n) is 7.84. The quantitative estimate of drug-likeness (QED) is 0.772. The summed E-state index contributed by atoms with van der Waals surface area (Å²) in [5, 5.41) is 7.15. The first kappa shape index (κ1) is 16.7. The highest BCUT2D eigenvalue weighted by Crippen LogP contribution is 2.18. The number of nitrogens with one attached hydrogen (secondary N) is 1. The summed E-state index contributed by atoms with van der Waals surface area (Å²) in [4.78, 5) is 12.1. The molecule has 0 aliphatic rings. The lowest BCUT2D eigenvalue weighted by Crippen LogP contribution is -2.22. The van der Waals surface area contributed by atoms with Gasteiger partial charge in [0.1, 0.15) is 5.82 Å². The van der Waals surface area contributed by atoms with Gasteiger partial charge in [0.25, 0.3) is 5.91 Å². The minimum absolute atomic E-state index is 0.0425. The summed E-state index contributed by atoms with van der Waals surface area (Å²) >= 11 is 0. The number of benzene rings is 2. The van der Waals surface area contributed by atoms with E-state index in [4.69, 9.17) is 4.74 Å². The van der Waals surface area contributed by atoms with Gasteiger partial charge in [-0.25, -0.2) is 9.07 Å². The molecular formula is C19H18FN3O2. The molecule has 1 amide bonds. The van der Waals surface area contributed by atoms with Gasteiger partial charge in [0.15, 0.2) is 18.2 Å². The van der Waals surface area contributed by atoms with Crippen molar-refractivity contribution in [1.82, 2.24) is 9.78 Å². The predicted molar refractivity (Wildman–Crippen MR) is 93.6 cm³/mol. The Balaban J connectivity index is 1.71. The van der Waals surface area contributed by atoms with Crippen molar-refractivity contribution in [3.63, 3.8) is 0 Å². The van der Waals surface area contributed by atoms with Crippen LogP contribution in [0, 0.1) is 19.7 Å². The molecule has 0 saturated heterocycles. The van der Waals surface area contributed by atoms with Crippen LogP contribution in [0.3, 0.4) is 0 Å². The van der Waals surface area contributed by atoms with Crippen molar-refractivity contribution in [2.24, 2.45) is 0 Å². The average Bonchev–Trinajstić information content (AvgIpc) is 2.95. The van der Waals surface area contributed by atoms with Crippen molar-refractivity contribution in [2.75, 3.05) is 11.9 Å². The highest BCUT2D eigenvalue weighted by atomic mass is 19.1. The van der Waals surface area contributed by atoms with Crippen molar-refractivity contribution in [1.29, 1.82) is 0 Å². The largest absolute Gasteiger partial charge is 0.481 e. The number of carbonyl (C=O) groups is 1. The minimum atomic E-state index is -0.504. The number of carbonyl (C=O) groups excluding carboxylic acids is 1. The molecule has 0 spiro atoms.